The third-order valence-corrected chi connectivity index (χ3v) is 4.60. The molecule has 0 spiro atoms. The molecule has 0 fully saturated rings. The van der Waals surface area contributed by atoms with Crippen LogP contribution in [-0.2, 0) is 19.1 Å². The lowest BCUT2D eigenvalue weighted by molar-refractivity contribution is -0.143. The number of nitrogens with one attached hydrogen (secondary N) is 2. The Morgan fingerprint density at radius 2 is 1.68 bits per heavy atom. The molecule has 0 aliphatic carbocycles. The predicted molar refractivity (Wildman–Crippen MR) is 119 cm³/mol. The zero-order chi connectivity index (χ0) is 22.2. The molecule has 3 rings (SSSR count). The molecule has 1 aromatic heterocycles. The summed E-state index contributed by atoms with van der Waals surface area (Å²) in [6, 6.07) is 15.1. The normalized spacial score (nSPS) is 10.8. The van der Waals surface area contributed by atoms with Crippen LogP contribution in [-0.4, -0.2) is 35.9 Å². The number of fused-ring (bicyclic) bond motifs is 1. The number of nitrogens with zero attached hydrogens (tertiary/aromatic N) is 1. The second-order valence-electron chi connectivity index (χ2n) is 6.96. The Hall–Kier alpha value is -4.00. The molecule has 0 aliphatic heterocycles. The average Bonchev–Trinajstić information content (AvgIpc) is 2.77. The lowest BCUT2D eigenvalue weighted by Crippen LogP contribution is -2.35. The average molecular weight is 417 g/mol. The highest BCUT2D eigenvalue weighted by molar-refractivity contribution is 5.96. The van der Waals surface area contributed by atoms with Crippen LogP contribution in [0, 0.1) is 13.8 Å². The predicted octanol–water partition coefficient (Wildman–Crippen LogP) is 3.16. The Kier molecular flexibility index (Phi) is 7.11. The minimum atomic E-state index is -0.664. The molecule has 0 aliphatic rings. The maximum atomic E-state index is 12.1. The minimum Gasteiger partial charge on any atom is -0.452 e. The molecule has 158 valence electrons. The number of anilines is 1. The molecule has 1 heterocycles. The van der Waals surface area contributed by atoms with Crippen molar-refractivity contribution in [1.82, 2.24) is 10.3 Å². The highest BCUT2D eigenvalue weighted by Gasteiger charge is 2.10. The van der Waals surface area contributed by atoms with Gasteiger partial charge in [0.15, 0.2) is 6.61 Å². The largest absolute Gasteiger partial charge is 0.452 e. The fourth-order valence-corrected chi connectivity index (χ4v) is 3.03. The van der Waals surface area contributed by atoms with Crippen molar-refractivity contribution in [1.29, 1.82) is 0 Å². The smallest absolute Gasteiger partial charge is 0.331 e. The van der Waals surface area contributed by atoms with Crippen LogP contribution in [0.5, 0.6) is 0 Å². The van der Waals surface area contributed by atoms with Crippen LogP contribution in [0.2, 0.25) is 0 Å². The fraction of sp³-hybridized carbons (Fsp3) is 0.167. The first-order chi connectivity index (χ1) is 14.9. The van der Waals surface area contributed by atoms with E-state index in [0.29, 0.717) is 0 Å². The van der Waals surface area contributed by atoms with Gasteiger partial charge >= 0.3 is 5.97 Å². The summed E-state index contributed by atoms with van der Waals surface area (Å²) in [5, 5.41) is 6.16. The monoisotopic (exact) mass is 417 g/mol. The first-order valence-electron chi connectivity index (χ1n) is 9.75. The van der Waals surface area contributed by atoms with Crippen molar-refractivity contribution in [3.05, 3.63) is 77.5 Å². The third-order valence-electron chi connectivity index (χ3n) is 4.60. The van der Waals surface area contributed by atoms with Gasteiger partial charge in [-0.1, -0.05) is 42.5 Å². The zero-order valence-electron chi connectivity index (χ0n) is 17.3. The second-order valence-corrected chi connectivity index (χ2v) is 6.96. The number of hydrogen-bond donors (Lipinski definition) is 2. The number of carbonyl (C=O) groups excluding carboxylic acids is 3. The van der Waals surface area contributed by atoms with E-state index in [9.17, 15) is 14.4 Å². The van der Waals surface area contributed by atoms with Gasteiger partial charge in [0, 0.05) is 28.9 Å². The van der Waals surface area contributed by atoms with Crippen LogP contribution in [0.1, 0.15) is 16.7 Å². The highest BCUT2D eigenvalue weighted by Crippen LogP contribution is 2.19. The van der Waals surface area contributed by atoms with Gasteiger partial charge in [-0.15, -0.1) is 0 Å². The van der Waals surface area contributed by atoms with Crippen LogP contribution in [0.25, 0.3) is 17.0 Å². The maximum absolute atomic E-state index is 12.1. The van der Waals surface area contributed by atoms with Gasteiger partial charge in [0.05, 0.1) is 12.1 Å². The molecular weight excluding hydrogens is 394 g/mol. The first kappa shape index (κ1) is 21.7. The molecular formula is C24H23N3O4. The summed E-state index contributed by atoms with van der Waals surface area (Å²) in [5.74, 6) is -1.59. The number of esters is 1. The van der Waals surface area contributed by atoms with Gasteiger partial charge in [-0.25, -0.2) is 4.79 Å². The van der Waals surface area contributed by atoms with Crippen molar-refractivity contribution in [2.75, 3.05) is 18.5 Å². The third kappa shape index (κ3) is 5.99. The molecule has 0 atom stereocenters. The number of pyridine rings is 1. The number of ether oxygens (including phenoxy) is 1. The fourth-order valence-electron chi connectivity index (χ4n) is 3.03. The first-order valence-corrected chi connectivity index (χ1v) is 9.75. The quantitative estimate of drug-likeness (QED) is 0.455. The minimum absolute atomic E-state index is 0.221. The summed E-state index contributed by atoms with van der Waals surface area (Å²) in [5.41, 5.74) is 4.12. The van der Waals surface area contributed by atoms with E-state index in [1.807, 2.05) is 62.4 Å². The second kappa shape index (κ2) is 10.2. The SMILES string of the molecule is Cc1cccc(C)c1NC(=O)CNC(=O)COC(=O)/C=C/c1cccc2cccnc12. The Morgan fingerprint density at radius 1 is 0.968 bits per heavy atom. The Bertz CT molecular complexity index is 1130. The molecule has 0 saturated heterocycles. The number of aryl methyl sites for hydroxylation is 2. The number of carbonyl (C=O) groups is 3. The van der Waals surface area contributed by atoms with Crippen molar-refractivity contribution >= 4 is 40.4 Å². The topological polar surface area (TPSA) is 97.4 Å². The van der Waals surface area contributed by atoms with Crippen LogP contribution < -0.4 is 10.6 Å². The van der Waals surface area contributed by atoms with Crippen LogP contribution in [0.3, 0.4) is 0 Å². The Morgan fingerprint density at radius 3 is 2.45 bits per heavy atom. The molecule has 0 saturated carbocycles. The number of para-hydroxylation sites is 2. The van der Waals surface area contributed by atoms with Crippen molar-refractivity contribution in [3.8, 4) is 0 Å². The maximum Gasteiger partial charge on any atom is 0.331 e. The molecule has 0 radical (unpaired) electrons. The van der Waals surface area contributed by atoms with Gasteiger partial charge in [-0.05, 0) is 37.1 Å². The van der Waals surface area contributed by atoms with Crippen molar-refractivity contribution < 1.29 is 19.1 Å². The summed E-state index contributed by atoms with van der Waals surface area (Å²) >= 11 is 0. The van der Waals surface area contributed by atoms with Gasteiger partial charge in [0.2, 0.25) is 5.91 Å². The summed E-state index contributed by atoms with van der Waals surface area (Å²) in [4.78, 5) is 40.2. The van der Waals surface area contributed by atoms with E-state index >= 15 is 0 Å². The van der Waals surface area contributed by atoms with E-state index in [4.69, 9.17) is 4.74 Å². The molecule has 7 nitrogen and oxygen atoms in total. The van der Waals surface area contributed by atoms with E-state index in [-0.39, 0.29) is 12.5 Å². The number of benzene rings is 2. The van der Waals surface area contributed by atoms with Crippen LogP contribution >= 0.6 is 0 Å². The van der Waals surface area contributed by atoms with Crippen molar-refractivity contribution in [2.45, 2.75) is 13.8 Å². The van der Waals surface area contributed by atoms with Gasteiger partial charge in [0.1, 0.15) is 0 Å². The molecule has 2 N–H and O–H groups in total. The van der Waals surface area contributed by atoms with Crippen LogP contribution in [0.15, 0.2) is 60.8 Å². The zero-order valence-corrected chi connectivity index (χ0v) is 17.3. The Labute approximate surface area is 180 Å². The molecule has 2 amide bonds. The van der Waals surface area contributed by atoms with Crippen LogP contribution in [0.4, 0.5) is 5.69 Å². The highest BCUT2D eigenvalue weighted by atomic mass is 16.5. The van der Waals surface area contributed by atoms with Crippen molar-refractivity contribution in [3.63, 3.8) is 0 Å². The molecule has 7 heteroatoms. The molecule has 31 heavy (non-hydrogen) atoms. The van der Waals surface area contributed by atoms with E-state index in [1.165, 1.54) is 6.08 Å². The van der Waals surface area contributed by atoms with E-state index in [2.05, 4.69) is 15.6 Å². The van der Waals surface area contributed by atoms with Gasteiger partial charge in [0.25, 0.3) is 5.91 Å². The molecule has 3 aromatic rings. The van der Waals surface area contributed by atoms with Gasteiger partial charge in [-0.3, -0.25) is 14.6 Å². The van der Waals surface area contributed by atoms with Crippen molar-refractivity contribution in [2.24, 2.45) is 0 Å². The summed E-state index contributed by atoms with van der Waals surface area (Å²) in [7, 11) is 0. The Balaban J connectivity index is 1.45. The van der Waals surface area contributed by atoms with E-state index in [0.717, 1.165) is 33.3 Å². The molecule has 2 aromatic carbocycles. The lowest BCUT2D eigenvalue weighted by atomic mass is 10.1. The van der Waals surface area contributed by atoms with Gasteiger partial charge in [-0.2, -0.15) is 0 Å². The molecule has 0 unspecified atom stereocenters. The van der Waals surface area contributed by atoms with E-state index in [1.54, 1.807) is 12.3 Å². The summed E-state index contributed by atoms with van der Waals surface area (Å²) < 4.78 is 4.94. The lowest BCUT2D eigenvalue weighted by Gasteiger charge is -2.11. The van der Waals surface area contributed by atoms with E-state index < -0.39 is 18.5 Å². The molecule has 0 bridgehead atoms. The summed E-state index contributed by atoms with van der Waals surface area (Å²) in [6.07, 6.45) is 4.51. The number of amides is 2. The number of rotatable bonds is 7. The van der Waals surface area contributed by atoms with Gasteiger partial charge < -0.3 is 15.4 Å². The summed E-state index contributed by atoms with van der Waals surface area (Å²) in [6.45, 7) is 3.08. The standard InChI is InChI=1S/C24H23N3O4/c1-16-6-3-7-17(2)23(16)27-20(28)14-26-21(29)15-31-22(30)12-11-19-9-4-8-18-10-5-13-25-24(18)19/h3-13H,14-15H2,1-2H3,(H,26,29)(H,27,28)/b12-11+. The number of hydrogen-bond acceptors (Lipinski definition) is 5. The number of aromatic nitrogens is 1.